The van der Waals surface area contributed by atoms with Crippen LogP contribution in [0.4, 0.5) is 0 Å². The Morgan fingerprint density at radius 3 is 1.44 bits per heavy atom. The normalized spacial score (nSPS) is 14.9. The average molecular weight is 1090 g/mol. The molecule has 0 fully saturated rings. The molecule has 0 N–H and O–H groups in total. The van der Waals surface area contributed by atoms with Crippen molar-refractivity contribution in [1.29, 1.82) is 0 Å². The molecule has 3 aliphatic heterocycles. The summed E-state index contributed by atoms with van der Waals surface area (Å²) in [5.41, 5.74) is 33.3. The first-order chi connectivity index (χ1) is 39.7. The van der Waals surface area contributed by atoms with Crippen molar-refractivity contribution in [2.24, 2.45) is 0 Å². The van der Waals surface area contributed by atoms with Gasteiger partial charge in [-0.15, -0.1) is 0 Å². The van der Waals surface area contributed by atoms with Crippen molar-refractivity contribution in [1.82, 2.24) is 13.7 Å². The lowest BCUT2D eigenvalue weighted by molar-refractivity contribution is 0.583. The van der Waals surface area contributed by atoms with Crippen LogP contribution in [0.2, 0.25) is 0 Å². The summed E-state index contributed by atoms with van der Waals surface area (Å²) in [7, 11) is 0. The summed E-state index contributed by atoms with van der Waals surface area (Å²) in [6.45, 7) is 43.2. The van der Waals surface area contributed by atoms with E-state index < -0.39 is 5.41 Å². The Labute approximate surface area is 497 Å². The number of hydrogen-bond donors (Lipinski definition) is 0. The second-order valence-electron chi connectivity index (χ2n) is 31.1. The zero-order valence-corrected chi connectivity index (χ0v) is 52.9. The molecule has 16 rings (SSSR count). The third-order valence-electron chi connectivity index (χ3n) is 20.9. The van der Waals surface area contributed by atoms with E-state index in [0.29, 0.717) is 17.8 Å². The molecule has 0 amide bonds. The molecule has 6 heterocycles. The van der Waals surface area contributed by atoms with Gasteiger partial charge in [0.15, 0.2) is 0 Å². The van der Waals surface area contributed by atoms with Crippen molar-refractivity contribution >= 4 is 88.5 Å². The molecule has 0 saturated heterocycles. The first-order valence-corrected chi connectivity index (χ1v) is 31.5. The molecule has 4 aliphatic rings. The third kappa shape index (κ3) is 6.45. The van der Waals surface area contributed by atoms with Crippen LogP contribution in [-0.4, -0.2) is 20.4 Å². The first-order valence-electron chi connectivity index (χ1n) is 31.5. The number of nitrogens with zero attached hydrogens (tertiary/aromatic N) is 3. The van der Waals surface area contributed by atoms with E-state index in [1.807, 2.05) is 0 Å². The van der Waals surface area contributed by atoms with Crippen molar-refractivity contribution in [3.8, 4) is 28.2 Å². The van der Waals surface area contributed by atoms with Crippen LogP contribution < -0.4 is 16.4 Å². The van der Waals surface area contributed by atoms with Gasteiger partial charge < -0.3 is 13.7 Å². The van der Waals surface area contributed by atoms with Gasteiger partial charge in [-0.25, -0.2) is 0 Å². The van der Waals surface area contributed by atoms with Crippen molar-refractivity contribution < 1.29 is 0 Å². The van der Waals surface area contributed by atoms with E-state index in [-0.39, 0.29) is 28.4 Å². The first kappa shape index (κ1) is 52.0. The molecule has 1 spiro atoms. The highest BCUT2D eigenvalue weighted by atomic mass is 15.1. The van der Waals surface area contributed by atoms with Gasteiger partial charge in [0.05, 0.1) is 38.7 Å². The van der Waals surface area contributed by atoms with E-state index in [9.17, 15) is 0 Å². The van der Waals surface area contributed by atoms with Gasteiger partial charge in [0.1, 0.15) is 0 Å². The van der Waals surface area contributed by atoms with Gasteiger partial charge in [-0.2, -0.15) is 0 Å². The molecule has 9 aromatic carbocycles. The van der Waals surface area contributed by atoms with Crippen molar-refractivity contribution in [2.45, 2.75) is 169 Å². The van der Waals surface area contributed by atoms with Crippen LogP contribution in [0, 0.1) is 0 Å². The molecule has 3 nitrogen and oxygen atoms in total. The summed E-state index contributed by atoms with van der Waals surface area (Å²) < 4.78 is 8.29. The Morgan fingerprint density at radius 1 is 0.369 bits per heavy atom. The Kier molecular flexibility index (Phi) is 10.2. The average Bonchev–Trinajstić information content (AvgIpc) is 1.40. The quantitative estimate of drug-likeness (QED) is 0.156. The van der Waals surface area contributed by atoms with Crippen molar-refractivity contribution in [3.05, 3.63) is 201 Å². The summed E-state index contributed by atoms with van der Waals surface area (Å²) in [4.78, 5) is 0. The van der Waals surface area contributed by atoms with Crippen LogP contribution in [-0.2, 0) is 27.1 Å². The van der Waals surface area contributed by atoms with Gasteiger partial charge in [-0.1, -0.05) is 228 Å². The number of aromatic nitrogens is 3. The highest BCUT2D eigenvalue weighted by Crippen LogP contribution is 2.63. The fourth-order valence-electron chi connectivity index (χ4n) is 16.5. The van der Waals surface area contributed by atoms with E-state index in [2.05, 4.69) is 278 Å². The zero-order chi connectivity index (χ0) is 58.7. The molecule has 0 saturated carbocycles. The smallest absolute Gasteiger partial charge is 0.253 e. The number of fused-ring (bicyclic) bond motifs is 18. The van der Waals surface area contributed by atoms with Crippen LogP contribution in [0.5, 0.6) is 0 Å². The molecule has 0 atom stereocenters. The molecule has 12 aromatic rings. The van der Waals surface area contributed by atoms with Gasteiger partial charge in [-0.3, -0.25) is 0 Å². The lowest BCUT2D eigenvalue weighted by Gasteiger charge is -2.45. The van der Waals surface area contributed by atoms with E-state index in [1.165, 1.54) is 171 Å². The van der Waals surface area contributed by atoms with E-state index >= 15 is 0 Å². The Hall–Kier alpha value is -7.56. The van der Waals surface area contributed by atoms with E-state index in [1.54, 1.807) is 0 Å². The summed E-state index contributed by atoms with van der Waals surface area (Å²) in [5, 5.41) is 8.05. The van der Waals surface area contributed by atoms with E-state index in [0.717, 1.165) is 0 Å². The van der Waals surface area contributed by atoms with Gasteiger partial charge in [0.2, 0.25) is 0 Å². The molecular weight excluding hydrogens is 1010 g/mol. The van der Waals surface area contributed by atoms with Crippen LogP contribution in [0.25, 0.3) is 93.6 Å². The Bertz CT molecular complexity index is 4880. The molecule has 3 aromatic heterocycles. The number of para-hydroxylation sites is 2. The van der Waals surface area contributed by atoms with Crippen LogP contribution in [0.3, 0.4) is 0 Å². The van der Waals surface area contributed by atoms with Crippen LogP contribution >= 0.6 is 0 Å². The van der Waals surface area contributed by atoms with E-state index in [4.69, 9.17) is 0 Å². The molecule has 1 aliphatic carbocycles. The SMILES string of the molecule is CC(C)c1cc(C(C)C)c(-n2c3ccccc3c3c4c5c(cc32)c2ccccc2n5-c2ccc3c5c2B4c2cc(C(C)(C)C)cc4c6cc(C(C)(C)C)cc(c6n-5c24)C32c3cc(C(C)(C)C)ccc3-c3ccc(C(C)(C)C)cc32)c(C(C)C)c1. The molecule has 0 radical (unpaired) electrons. The Balaban J connectivity index is 1.17. The maximum atomic E-state index is 2.83. The standard InChI is InChI=1S/C80H80BN3/c1-42(2)45-33-54(43(3)4)71(55(34-45)44(5)6)83-65-26-22-20-24-53(65)68-67(83)41-58-52-23-19-21-25-64(52)82-66-32-31-59-75-69(66)81(70(68)74(58)82)63-40-49(79(16,17)18)36-57-56-35-48(78(13,14)15)39-62(72(56)84(75)73(57)63)80(59)60-37-46(76(7,8)9)27-29-50(60)51-30-28-47(38-61(51)80)77(10,11)12/h19-44H,1-18H3. The van der Waals surface area contributed by atoms with Crippen LogP contribution in [0.1, 0.15) is 204 Å². The van der Waals surface area contributed by atoms with Gasteiger partial charge in [0, 0.05) is 49.2 Å². The lowest BCUT2D eigenvalue weighted by Crippen LogP contribution is -2.61. The summed E-state index contributed by atoms with van der Waals surface area (Å²) >= 11 is 0. The molecule has 0 bridgehead atoms. The maximum absolute atomic E-state index is 2.83. The lowest BCUT2D eigenvalue weighted by atomic mass is 9.33. The second kappa shape index (κ2) is 16.4. The molecule has 4 heteroatoms. The second-order valence-corrected chi connectivity index (χ2v) is 31.1. The zero-order valence-electron chi connectivity index (χ0n) is 52.9. The van der Waals surface area contributed by atoms with Gasteiger partial charge in [0.25, 0.3) is 6.71 Å². The number of rotatable bonds is 4. The largest absolute Gasteiger partial charge is 0.310 e. The van der Waals surface area contributed by atoms with Gasteiger partial charge in [-0.05, 0) is 165 Å². The van der Waals surface area contributed by atoms with Crippen molar-refractivity contribution in [2.75, 3.05) is 0 Å². The third-order valence-corrected chi connectivity index (χ3v) is 20.9. The summed E-state index contributed by atoms with van der Waals surface area (Å²) in [5.74, 6) is 1.03. The Morgan fingerprint density at radius 2 is 0.881 bits per heavy atom. The fourth-order valence-corrected chi connectivity index (χ4v) is 16.5. The monoisotopic (exact) mass is 1090 g/mol. The predicted molar refractivity (Wildman–Crippen MR) is 362 cm³/mol. The number of benzene rings is 9. The maximum Gasteiger partial charge on any atom is 0.253 e. The highest BCUT2D eigenvalue weighted by Gasteiger charge is 2.56. The van der Waals surface area contributed by atoms with Crippen molar-refractivity contribution in [3.63, 3.8) is 0 Å². The van der Waals surface area contributed by atoms with Crippen LogP contribution in [0.15, 0.2) is 140 Å². The molecule has 84 heavy (non-hydrogen) atoms. The van der Waals surface area contributed by atoms with Gasteiger partial charge >= 0.3 is 0 Å². The molecular formula is C80H80BN3. The summed E-state index contributed by atoms with van der Waals surface area (Å²) in [6.07, 6.45) is 0. The minimum absolute atomic E-state index is 0.0708. The number of hydrogen-bond acceptors (Lipinski definition) is 0. The molecule has 418 valence electrons. The summed E-state index contributed by atoms with van der Waals surface area (Å²) in [6, 6.07) is 57.4. The molecule has 0 unspecified atom stereocenters. The fraction of sp³-hybridized carbons (Fsp3) is 0.325. The highest BCUT2D eigenvalue weighted by molar-refractivity contribution is 7.02. The minimum Gasteiger partial charge on any atom is -0.310 e. The topological polar surface area (TPSA) is 14.8 Å². The minimum atomic E-state index is -0.643. The predicted octanol–water partition coefficient (Wildman–Crippen LogP) is 19.4.